The molecule has 3 heteroatoms. The van der Waals surface area contributed by atoms with E-state index in [2.05, 4.69) is 5.32 Å². The Morgan fingerprint density at radius 2 is 2.06 bits per heavy atom. The molecule has 16 heavy (non-hydrogen) atoms. The van der Waals surface area contributed by atoms with Crippen molar-refractivity contribution in [1.82, 2.24) is 5.32 Å². The van der Waals surface area contributed by atoms with Crippen LogP contribution in [0.3, 0.4) is 0 Å². The molecule has 0 saturated heterocycles. The van der Waals surface area contributed by atoms with Gasteiger partial charge in [-0.25, -0.2) is 4.39 Å². The van der Waals surface area contributed by atoms with Crippen LogP contribution in [0.15, 0.2) is 18.2 Å². The number of ether oxygens (including phenoxy) is 1. The summed E-state index contributed by atoms with van der Waals surface area (Å²) in [5, 5.41) is 3.19. The summed E-state index contributed by atoms with van der Waals surface area (Å²) < 4.78 is 18.9. The normalized spacial score (nSPS) is 12.5. The van der Waals surface area contributed by atoms with Gasteiger partial charge in [0.05, 0.1) is 0 Å². The molecule has 0 spiro atoms. The Morgan fingerprint density at radius 3 is 2.69 bits per heavy atom. The molecule has 1 atom stereocenters. The third-order valence-corrected chi connectivity index (χ3v) is 2.36. The van der Waals surface area contributed by atoms with E-state index in [1.54, 1.807) is 6.07 Å². The van der Waals surface area contributed by atoms with E-state index in [9.17, 15) is 4.39 Å². The highest BCUT2D eigenvalue weighted by Crippen LogP contribution is 2.18. The lowest BCUT2D eigenvalue weighted by Gasteiger charge is -2.15. The van der Waals surface area contributed by atoms with Gasteiger partial charge in [0.2, 0.25) is 0 Å². The van der Waals surface area contributed by atoms with E-state index in [-0.39, 0.29) is 11.9 Å². The lowest BCUT2D eigenvalue weighted by Crippen LogP contribution is -2.28. The maximum Gasteiger partial charge on any atom is 0.127 e. The van der Waals surface area contributed by atoms with Crippen molar-refractivity contribution in [2.24, 2.45) is 0 Å². The van der Waals surface area contributed by atoms with Crippen LogP contribution in [-0.2, 0) is 6.42 Å². The van der Waals surface area contributed by atoms with Gasteiger partial charge in [0, 0.05) is 12.6 Å². The molecule has 1 N–H and O–H groups in total. The Morgan fingerprint density at radius 1 is 1.31 bits per heavy atom. The highest BCUT2D eigenvalue weighted by atomic mass is 19.1. The standard InChI is InChI=1S/C13H20FNO/c1-4-11-6-12(14)8-13(7-11)16-10(3)9-15-5-2/h6-8,10,15H,4-5,9H2,1-3H3/t10-/m1/s1. The van der Waals surface area contributed by atoms with Crippen molar-refractivity contribution < 1.29 is 9.13 Å². The van der Waals surface area contributed by atoms with E-state index in [1.807, 2.05) is 26.8 Å². The molecule has 0 radical (unpaired) electrons. The van der Waals surface area contributed by atoms with Gasteiger partial charge in [-0.3, -0.25) is 0 Å². The predicted molar refractivity (Wildman–Crippen MR) is 64.4 cm³/mol. The van der Waals surface area contributed by atoms with Crippen molar-refractivity contribution in [1.29, 1.82) is 0 Å². The first kappa shape index (κ1) is 13.0. The second-order valence-corrected chi connectivity index (χ2v) is 3.88. The second-order valence-electron chi connectivity index (χ2n) is 3.88. The first-order chi connectivity index (χ1) is 7.65. The zero-order chi connectivity index (χ0) is 12.0. The van der Waals surface area contributed by atoms with Crippen molar-refractivity contribution in [3.63, 3.8) is 0 Å². The summed E-state index contributed by atoms with van der Waals surface area (Å²) in [5.41, 5.74) is 0.964. The lowest BCUT2D eigenvalue weighted by atomic mass is 10.1. The van der Waals surface area contributed by atoms with Gasteiger partial charge in [-0.1, -0.05) is 13.8 Å². The smallest absolute Gasteiger partial charge is 0.127 e. The number of hydrogen-bond donors (Lipinski definition) is 1. The average Bonchev–Trinajstić information content (AvgIpc) is 2.25. The summed E-state index contributed by atoms with van der Waals surface area (Å²) in [7, 11) is 0. The molecule has 0 amide bonds. The van der Waals surface area contributed by atoms with Crippen LogP contribution in [0.25, 0.3) is 0 Å². The minimum atomic E-state index is -0.231. The Kier molecular flexibility index (Phi) is 5.26. The average molecular weight is 225 g/mol. The third kappa shape index (κ3) is 4.19. The summed E-state index contributed by atoms with van der Waals surface area (Å²) in [4.78, 5) is 0. The Bertz CT molecular complexity index is 328. The van der Waals surface area contributed by atoms with Gasteiger partial charge in [-0.05, 0) is 37.6 Å². The number of aryl methyl sites for hydroxylation is 1. The summed E-state index contributed by atoms with van der Waals surface area (Å²) in [6.45, 7) is 7.70. The molecule has 1 rings (SSSR count). The molecule has 0 aliphatic heterocycles. The molecule has 0 heterocycles. The topological polar surface area (TPSA) is 21.3 Å². The Labute approximate surface area is 96.8 Å². The Balaban J connectivity index is 2.61. The minimum Gasteiger partial charge on any atom is -0.489 e. The lowest BCUT2D eigenvalue weighted by molar-refractivity contribution is 0.217. The summed E-state index contributed by atoms with van der Waals surface area (Å²) >= 11 is 0. The molecule has 0 aromatic heterocycles. The molecular formula is C13H20FNO. The molecular weight excluding hydrogens is 205 g/mol. The fourth-order valence-corrected chi connectivity index (χ4v) is 1.51. The Hall–Kier alpha value is -1.09. The number of hydrogen-bond acceptors (Lipinski definition) is 2. The van der Waals surface area contributed by atoms with Gasteiger partial charge in [0.1, 0.15) is 17.7 Å². The molecule has 1 aromatic rings. The van der Waals surface area contributed by atoms with E-state index in [0.29, 0.717) is 5.75 Å². The van der Waals surface area contributed by atoms with Gasteiger partial charge >= 0.3 is 0 Å². The van der Waals surface area contributed by atoms with Crippen molar-refractivity contribution in [3.8, 4) is 5.75 Å². The van der Waals surface area contributed by atoms with Crippen LogP contribution in [0, 0.1) is 5.82 Å². The predicted octanol–water partition coefficient (Wildman–Crippen LogP) is 2.76. The second kappa shape index (κ2) is 6.48. The van der Waals surface area contributed by atoms with E-state index < -0.39 is 0 Å². The van der Waals surface area contributed by atoms with E-state index in [4.69, 9.17) is 4.74 Å². The number of nitrogens with one attached hydrogen (secondary N) is 1. The third-order valence-electron chi connectivity index (χ3n) is 2.36. The van der Waals surface area contributed by atoms with Crippen molar-refractivity contribution in [3.05, 3.63) is 29.6 Å². The van der Waals surface area contributed by atoms with Crippen LogP contribution >= 0.6 is 0 Å². The first-order valence-corrected chi connectivity index (χ1v) is 5.82. The van der Waals surface area contributed by atoms with Gasteiger partial charge in [-0.15, -0.1) is 0 Å². The SMILES string of the molecule is CCNC[C@@H](C)Oc1cc(F)cc(CC)c1. The van der Waals surface area contributed by atoms with Crippen LogP contribution in [0.4, 0.5) is 4.39 Å². The largest absolute Gasteiger partial charge is 0.489 e. The van der Waals surface area contributed by atoms with Crippen molar-refractivity contribution in [2.75, 3.05) is 13.1 Å². The minimum absolute atomic E-state index is 0.0476. The van der Waals surface area contributed by atoms with Gasteiger partial charge in [-0.2, -0.15) is 0 Å². The molecule has 0 saturated carbocycles. The van der Waals surface area contributed by atoms with Crippen LogP contribution in [0.5, 0.6) is 5.75 Å². The molecule has 1 aromatic carbocycles. The fourth-order valence-electron chi connectivity index (χ4n) is 1.51. The van der Waals surface area contributed by atoms with Crippen LogP contribution in [0.2, 0.25) is 0 Å². The van der Waals surface area contributed by atoms with Gasteiger partial charge < -0.3 is 10.1 Å². The van der Waals surface area contributed by atoms with Crippen LogP contribution < -0.4 is 10.1 Å². The highest BCUT2D eigenvalue weighted by Gasteiger charge is 2.05. The molecule has 2 nitrogen and oxygen atoms in total. The fraction of sp³-hybridized carbons (Fsp3) is 0.538. The number of benzene rings is 1. The van der Waals surface area contributed by atoms with E-state index in [1.165, 1.54) is 6.07 Å². The van der Waals surface area contributed by atoms with Crippen molar-refractivity contribution >= 4 is 0 Å². The maximum atomic E-state index is 13.2. The molecule has 0 bridgehead atoms. The highest BCUT2D eigenvalue weighted by molar-refractivity contribution is 5.29. The molecule has 0 aliphatic rings. The number of rotatable bonds is 6. The molecule has 0 fully saturated rings. The zero-order valence-electron chi connectivity index (χ0n) is 10.2. The molecule has 0 aliphatic carbocycles. The summed E-state index contributed by atoms with van der Waals surface area (Å²) in [5.74, 6) is 0.382. The van der Waals surface area contributed by atoms with Crippen LogP contribution in [-0.4, -0.2) is 19.2 Å². The van der Waals surface area contributed by atoms with Crippen molar-refractivity contribution in [2.45, 2.75) is 33.3 Å². The summed E-state index contributed by atoms with van der Waals surface area (Å²) in [6.07, 6.45) is 0.863. The van der Waals surface area contributed by atoms with Gasteiger partial charge in [0.25, 0.3) is 0 Å². The van der Waals surface area contributed by atoms with Gasteiger partial charge in [0.15, 0.2) is 0 Å². The number of halogens is 1. The zero-order valence-corrected chi connectivity index (χ0v) is 10.2. The van der Waals surface area contributed by atoms with E-state index >= 15 is 0 Å². The monoisotopic (exact) mass is 225 g/mol. The molecule has 90 valence electrons. The molecule has 0 unspecified atom stereocenters. The first-order valence-electron chi connectivity index (χ1n) is 5.82. The maximum absolute atomic E-state index is 13.2. The quantitative estimate of drug-likeness (QED) is 0.803. The van der Waals surface area contributed by atoms with E-state index in [0.717, 1.165) is 25.1 Å². The van der Waals surface area contributed by atoms with Crippen LogP contribution in [0.1, 0.15) is 26.3 Å². The number of likely N-dealkylation sites (N-methyl/N-ethyl adjacent to an activating group) is 1. The summed E-state index contributed by atoms with van der Waals surface area (Å²) in [6, 6.07) is 4.87.